The van der Waals surface area contributed by atoms with E-state index < -0.39 is 0 Å². The molecule has 0 unspecified atom stereocenters. The van der Waals surface area contributed by atoms with E-state index in [1.165, 1.54) is 30.9 Å². The molecule has 0 bridgehead atoms. The van der Waals surface area contributed by atoms with Crippen molar-refractivity contribution in [2.75, 3.05) is 5.32 Å². The molecule has 21 heavy (non-hydrogen) atoms. The Labute approximate surface area is 126 Å². The number of aromatic hydroxyl groups is 2. The van der Waals surface area contributed by atoms with Gasteiger partial charge in [0.15, 0.2) is 11.5 Å². The van der Waals surface area contributed by atoms with Crippen LogP contribution in [-0.4, -0.2) is 10.2 Å². The molecular weight excluding hydrogens is 262 g/mol. The number of anilines is 1. The summed E-state index contributed by atoms with van der Waals surface area (Å²) in [5.74, 6) is -0.137. The van der Waals surface area contributed by atoms with E-state index in [2.05, 4.69) is 36.5 Å². The lowest BCUT2D eigenvalue weighted by atomic mass is 10.1. The van der Waals surface area contributed by atoms with Gasteiger partial charge in [-0.2, -0.15) is 0 Å². The largest absolute Gasteiger partial charge is 0.504 e. The quantitative estimate of drug-likeness (QED) is 0.520. The van der Waals surface area contributed by atoms with Crippen LogP contribution >= 0.6 is 0 Å². The van der Waals surface area contributed by atoms with Crippen LogP contribution in [0.2, 0.25) is 0 Å². The van der Waals surface area contributed by atoms with Crippen LogP contribution in [0.25, 0.3) is 0 Å². The summed E-state index contributed by atoms with van der Waals surface area (Å²) in [5.41, 5.74) is 3.05. The Kier molecular flexibility index (Phi) is 5.50. The minimum Gasteiger partial charge on any atom is -0.504 e. The summed E-state index contributed by atoms with van der Waals surface area (Å²) in [6.07, 6.45) is 4.88. The molecule has 0 fully saturated rings. The third-order valence-corrected chi connectivity index (χ3v) is 3.60. The van der Waals surface area contributed by atoms with Gasteiger partial charge in [0.05, 0.1) is 0 Å². The Balaban J connectivity index is 1.90. The molecule has 0 radical (unpaired) electrons. The van der Waals surface area contributed by atoms with Crippen molar-refractivity contribution in [2.45, 2.75) is 39.2 Å². The second-order valence-corrected chi connectivity index (χ2v) is 5.29. The molecule has 0 aliphatic rings. The molecule has 0 amide bonds. The number of hydrogen-bond acceptors (Lipinski definition) is 3. The lowest BCUT2D eigenvalue weighted by Crippen LogP contribution is -1.99. The number of unbranched alkanes of at least 4 members (excludes halogenated alkanes) is 2. The number of phenolic OH excluding ortho intramolecular Hbond substituents is 2. The maximum atomic E-state index is 9.75. The van der Waals surface area contributed by atoms with Crippen molar-refractivity contribution in [1.29, 1.82) is 0 Å². The summed E-state index contributed by atoms with van der Waals surface area (Å²) < 4.78 is 0. The fourth-order valence-electron chi connectivity index (χ4n) is 2.29. The fourth-order valence-corrected chi connectivity index (χ4v) is 2.29. The Morgan fingerprint density at radius 1 is 0.952 bits per heavy atom. The first-order valence-corrected chi connectivity index (χ1v) is 7.53. The van der Waals surface area contributed by atoms with E-state index >= 15 is 0 Å². The summed E-state index contributed by atoms with van der Waals surface area (Å²) in [5, 5.41) is 22.5. The Bertz CT molecular complexity index is 564. The predicted octanol–water partition coefficient (Wildman–Crippen LogP) is 4.44. The van der Waals surface area contributed by atoms with Crippen LogP contribution in [0.15, 0.2) is 42.5 Å². The van der Waals surface area contributed by atoms with E-state index in [0.29, 0.717) is 12.1 Å². The molecule has 0 aliphatic carbocycles. The monoisotopic (exact) mass is 285 g/mol. The molecule has 3 nitrogen and oxygen atoms in total. The number of benzene rings is 2. The Morgan fingerprint density at radius 2 is 1.71 bits per heavy atom. The summed E-state index contributed by atoms with van der Waals surface area (Å²) in [6.45, 7) is 2.69. The highest BCUT2D eigenvalue weighted by atomic mass is 16.3. The van der Waals surface area contributed by atoms with E-state index in [-0.39, 0.29) is 11.5 Å². The van der Waals surface area contributed by atoms with Crippen molar-refractivity contribution in [3.63, 3.8) is 0 Å². The smallest absolute Gasteiger partial charge is 0.162 e. The van der Waals surface area contributed by atoms with Crippen LogP contribution in [0.5, 0.6) is 11.5 Å². The average Bonchev–Trinajstić information content (AvgIpc) is 2.50. The molecule has 3 N–H and O–H groups in total. The maximum Gasteiger partial charge on any atom is 0.162 e. The molecule has 3 heteroatoms. The Morgan fingerprint density at radius 3 is 2.43 bits per heavy atom. The molecule has 2 aromatic rings. The van der Waals surface area contributed by atoms with Gasteiger partial charge >= 0.3 is 0 Å². The SMILES string of the molecule is CCCCCc1ccc(NCc2cccc(O)c2O)cc1. The van der Waals surface area contributed by atoms with Gasteiger partial charge in [0, 0.05) is 17.8 Å². The molecule has 0 saturated heterocycles. The highest BCUT2D eigenvalue weighted by molar-refractivity contribution is 5.49. The van der Waals surface area contributed by atoms with Gasteiger partial charge in [0.1, 0.15) is 0 Å². The summed E-state index contributed by atoms with van der Waals surface area (Å²) in [4.78, 5) is 0. The molecule has 0 atom stereocenters. The topological polar surface area (TPSA) is 52.5 Å². The van der Waals surface area contributed by atoms with Crippen molar-refractivity contribution >= 4 is 5.69 Å². The third kappa shape index (κ3) is 4.42. The van der Waals surface area contributed by atoms with Gasteiger partial charge in [0.25, 0.3) is 0 Å². The van der Waals surface area contributed by atoms with Gasteiger partial charge in [0.2, 0.25) is 0 Å². The van der Waals surface area contributed by atoms with E-state index in [4.69, 9.17) is 0 Å². The number of hydrogen-bond donors (Lipinski definition) is 3. The van der Waals surface area contributed by atoms with Gasteiger partial charge < -0.3 is 15.5 Å². The standard InChI is InChI=1S/C18H23NO2/c1-2-3-4-6-14-9-11-16(12-10-14)19-13-15-7-5-8-17(20)18(15)21/h5,7-12,19-21H,2-4,6,13H2,1H3. The van der Waals surface area contributed by atoms with E-state index in [9.17, 15) is 10.2 Å². The van der Waals surface area contributed by atoms with Crippen molar-refractivity contribution in [1.82, 2.24) is 0 Å². The molecule has 2 rings (SSSR count). The Hall–Kier alpha value is -2.16. The van der Waals surface area contributed by atoms with Crippen LogP contribution in [-0.2, 0) is 13.0 Å². The number of para-hydroxylation sites is 1. The number of rotatable bonds is 7. The number of nitrogens with one attached hydrogen (secondary N) is 1. The van der Waals surface area contributed by atoms with Crippen LogP contribution in [0.1, 0.15) is 37.3 Å². The molecule has 2 aromatic carbocycles. The van der Waals surface area contributed by atoms with Crippen molar-refractivity contribution in [2.24, 2.45) is 0 Å². The van der Waals surface area contributed by atoms with Crippen LogP contribution in [0.3, 0.4) is 0 Å². The molecule has 0 aliphatic heterocycles. The summed E-state index contributed by atoms with van der Waals surface area (Å²) in [6, 6.07) is 13.4. The molecular formula is C18H23NO2. The maximum absolute atomic E-state index is 9.75. The third-order valence-electron chi connectivity index (χ3n) is 3.60. The van der Waals surface area contributed by atoms with Gasteiger partial charge in [-0.3, -0.25) is 0 Å². The molecule has 0 aromatic heterocycles. The van der Waals surface area contributed by atoms with Gasteiger partial charge in [-0.1, -0.05) is 44.0 Å². The zero-order valence-corrected chi connectivity index (χ0v) is 12.5. The lowest BCUT2D eigenvalue weighted by molar-refractivity contribution is 0.400. The number of phenols is 2. The first kappa shape index (κ1) is 15.2. The van der Waals surface area contributed by atoms with Crippen LogP contribution in [0.4, 0.5) is 5.69 Å². The predicted molar refractivity (Wildman–Crippen MR) is 86.8 cm³/mol. The van der Waals surface area contributed by atoms with Crippen LogP contribution in [0, 0.1) is 0 Å². The minimum absolute atomic E-state index is 0.0545. The number of aryl methyl sites for hydroxylation is 1. The first-order valence-electron chi connectivity index (χ1n) is 7.53. The zero-order valence-electron chi connectivity index (χ0n) is 12.5. The highest BCUT2D eigenvalue weighted by Crippen LogP contribution is 2.28. The molecule has 0 spiro atoms. The van der Waals surface area contributed by atoms with Crippen molar-refractivity contribution in [3.8, 4) is 11.5 Å². The van der Waals surface area contributed by atoms with Crippen molar-refractivity contribution < 1.29 is 10.2 Å². The molecule has 112 valence electrons. The normalized spacial score (nSPS) is 10.5. The fraction of sp³-hybridized carbons (Fsp3) is 0.333. The van der Waals surface area contributed by atoms with Crippen molar-refractivity contribution in [3.05, 3.63) is 53.6 Å². The van der Waals surface area contributed by atoms with Gasteiger partial charge in [-0.25, -0.2) is 0 Å². The summed E-state index contributed by atoms with van der Waals surface area (Å²) >= 11 is 0. The van der Waals surface area contributed by atoms with Crippen LogP contribution < -0.4 is 5.32 Å². The second kappa shape index (κ2) is 7.58. The lowest BCUT2D eigenvalue weighted by Gasteiger charge is -2.10. The van der Waals surface area contributed by atoms with E-state index in [1.54, 1.807) is 12.1 Å². The average molecular weight is 285 g/mol. The van der Waals surface area contributed by atoms with E-state index in [1.807, 2.05) is 0 Å². The first-order chi connectivity index (χ1) is 10.2. The second-order valence-electron chi connectivity index (χ2n) is 5.29. The summed E-state index contributed by atoms with van der Waals surface area (Å²) in [7, 11) is 0. The molecule has 0 heterocycles. The van der Waals surface area contributed by atoms with E-state index in [0.717, 1.165) is 12.1 Å². The highest BCUT2D eigenvalue weighted by Gasteiger charge is 2.05. The van der Waals surface area contributed by atoms with Gasteiger partial charge in [-0.05, 0) is 36.6 Å². The zero-order chi connectivity index (χ0) is 15.1. The molecule has 0 saturated carbocycles. The minimum atomic E-state index is -0.0828. The van der Waals surface area contributed by atoms with Gasteiger partial charge in [-0.15, -0.1) is 0 Å².